The predicted molar refractivity (Wildman–Crippen MR) is 22.7 cm³/mol. The van der Waals surface area contributed by atoms with Gasteiger partial charge in [-0.1, -0.05) is 0 Å². The SMILES string of the molecule is O=C(O)C[P+](F)(F)F. The van der Waals surface area contributed by atoms with E-state index in [4.69, 9.17) is 5.11 Å². The third kappa shape index (κ3) is 5.69. The zero-order chi connectivity index (χ0) is 6.78. The van der Waals surface area contributed by atoms with E-state index in [0.29, 0.717) is 0 Å². The minimum atomic E-state index is -5.57. The van der Waals surface area contributed by atoms with Gasteiger partial charge in [0.15, 0.2) is 0 Å². The molecule has 0 heterocycles. The van der Waals surface area contributed by atoms with Gasteiger partial charge >= 0.3 is 14.2 Å². The molecule has 8 heavy (non-hydrogen) atoms. The third-order valence-corrected chi connectivity index (χ3v) is 0.944. The van der Waals surface area contributed by atoms with Crippen LogP contribution in [-0.4, -0.2) is 17.2 Å². The fourth-order valence-electron chi connectivity index (χ4n) is 0.153. The van der Waals surface area contributed by atoms with Crippen molar-refractivity contribution < 1.29 is 22.5 Å². The third-order valence-electron chi connectivity index (χ3n) is 0.315. The molecule has 0 spiro atoms. The number of hydrogen-bond donors (Lipinski definition) is 1. The number of carboxylic acid groups (broad SMARTS) is 1. The van der Waals surface area contributed by atoms with E-state index < -0.39 is 20.3 Å². The van der Waals surface area contributed by atoms with Gasteiger partial charge in [-0.2, -0.15) is 0 Å². The Kier molecular flexibility index (Phi) is 2.22. The summed E-state index contributed by atoms with van der Waals surface area (Å²) in [6.45, 7) is 0. The summed E-state index contributed by atoms with van der Waals surface area (Å²) in [5, 5.41) is 7.56. The van der Waals surface area contributed by atoms with Crippen LogP contribution in [0, 0.1) is 0 Å². The minimum absolute atomic E-state index is 1.65. The van der Waals surface area contributed by atoms with E-state index in [2.05, 4.69) is 0 Å². The molecule has 0 amide bonds. The zero-order valence-corrected chi connectivity index (χ0v) is 4.54. The van der Waals surface area contributed by atoms with E-state index in [1.165, 1.54) is 0 Å². The van der Waals surface area contributed by atoms with Gasteiger partial charge < -0.3 is 5.11 Å². The van der Waals surface area contributed by atoms with Crippen molar-refractivity contribution in [3.8, 4) is 0 Å². The number of rotatable bonds is 2. The summed E-state index contributed by atoms with van der Waals surface area (Å²) in [6, 6.07) is 0. The number of aliphatic carboxylic acids is 1. The highest BCUT2D eigenvalue weighted by atomic mass is 31.3. The van der Waals surface area contributed by atoms with Crippen molar-refractivity contribution in [2.24, 2.45) is 0 Å². The Labute approximate surface area is 44.0 Å². The molecule has 1 N–H and O–H groups in total. The Morgan fingerprint density at radius 3 is 1.88 bits per heavy atom. The van der Waals surface area contributed by atoms with Crippen molar-refractivity contribution in [1.29, 1.82) is 0 Å². The van der Waals surface area contributed by atoms with Crippen molar-refractivity contribution in [3.05, 3.63) is 0 Å². The second-order valence-corrected chi connectivity index (χ2v) is 2.52. The number of halogens is 3. The second-order valence-electron chi connectivity index (χ2n) is 1.10. The lowest BCUT2D eigenvalue weighted by molar-refractivity contribution is -0.134. The van der Waals surface area contributed by atoms with Gasteiger partial charge in [0.2, 0.25) is 0 Å². The molecule has 0 rings (SSSR count). The molecular weight excluding hydrogens is 144 g/mol. The van der Waals surface area contributed by atoms with Crippen molar-refractivity contribution in [3.63, 3.8) is 0 Å². The van der Waals surface area contributed by atoms with Crippen LogP contribution in [0.4, 0.5) is 12.6 Å². The molecule has 0 saturated carbocycles. The molecule has 0 aliphatic heterocycles. The summed E-state index contributed by atoms with van der Waals surface area (Å²) in [5.74, 6) is -1.80. The Morgan fingerprint density at radius 1 is 1.50 bits per heavy atom. The predicted octanol–water partition coefficient (Wildman–Crippen LogP) is 1.74. The van der Waals surface area contributed by atoms with Gasteiger partial charge in [0, 0.05) is 12.6 Å². The van der Waals surface area contributed by atoms with Crippen LogP contribution in [-0.2, 0) is 4.79 Å². The van der Waals surface area contributed by atoms with Crippen LogP contribution in [0.25, 0.3) is 0 Å². The highest BCUT2D eigenvalue weighted by Crippen LogP contribution is 2.63. The van der Waals surface area contributed by atoms with E-state index in [1.807, 2.05) is 0 Å². The summed E-state index contributed by atoms with van der Waals surface area (Å²) >= 11 is 0. The summed E-state index contributed by atoms with van der Waals surface area (Å²) in [5.41, 5.74) is 0. The highest BCUT2D eigenvalue weighted by molar-refractivity contribution is 7.61. The average Bonchev–Trinajstić information content (AvgIpc) is 1.21. The lowest BCUT2D eigenvalue weighted by Crippen LogP contribution is -1.99. The summed E-state index contributed by atoms with van der Waals surface area (Å²) in [4.78, 5) is 9.32. The van der Waals surface area contributed by atoms with Gasteiger partial charge in [0.1, 0.15) is 0 Å². The molecular formula is C2H3F3O2P+. The maximum atomic E-state index is 11.0. The van der Waals surface area contributed by atoms with Crippen LogP contribution < -0.4 is 0 Å². The van der Waals surface area contributed by atoms with E-state index in [1.54, 1.807) is 0 Å². The first-order valence-electron chi connectivity index (χ1n) is 1.60. The maximum absolute atomic E-state index is 11.0. The molecule has 0 aromatic rings. The quantitative estimate of drug-likeness (QED) is 0.604. The Morgan fingerprint density at radius 2 is 1.88 bits per heavy atom. The van der Waals surface area contributed by atoms with Crippen molar-refractivity contribution in [2.75, 3.05) is 6.16 Å². The largest absolute Gasteiger partial charge is 0.580 e. The van der Waals surface area contributed by atoms with Crippen LogP contribution in [0.3, 0.4) is 0 Å². The van der Waals surface area contributed by atoms with Crippen molar-refractivity contribution >= 4 is 14.2 Å². The first kappa shape index (κ1) is 7.69. The molecule has 0 atom stereocenters. The molecule has 2 nitrogen and oxygen atoms in total. The molecule has 0 aliphatic rings. The van der Waals surface area contributed by atoms with Crippen LogP contribution in [0.15, 0.2) is 0 Å². The molecule has 0 aromatic carbocycles. The molecule has 0 aliphatic carbocycles. The zero-order valence-electron chi connectivity index (χ0n) is 3.64. The molecule has 0 unspecified atom stereocenters. The summed E-state index contributed by atoms with van der Waals surface area (Å²) < 4.78 is 33.1. The average molecular weight is 147 g/mol. The normalized spacial score (nSPS) is 11.4. The lowest BCUT2D eigenvalue weighted by Gasteiger charge is -1.84. The van der Waals surface area contributed by atoms with E-state index in [0.717, 1.165) is 0 Å². The number of carbonyl (C=O) groups is 1. The molecule has 0 fully saturated rings. The molecule has 0 saturated heterocycles. The smallest absolute Gasteiger partial charge is 0.478 e. The summed E-state index contributed by atoms with van der Waals surface area (Å²) in [6.07, 6.45) is -1.65. The van der Waals surface area contributed by atoms with Gasteiger partial charge in [-0.15, -0.1) is 0 Å². The standard InChI is InChI=1S/C2H2F3O2P/c3-8(4,5)1-2(6)7/h1H2/p+1. The van der Waals surface area contributed by atoms with E-state index >= 15 is 0 Å². The Bertz CT molecular complexity index is 97.9. The second kappa shape index (κ2) is 2.31. The molecule has 0 bridgehead atoms. The Hall–Kier alpha value is -0.310. The highest BCUT2D eigenvalue weighted by Gasteiger charge is 2.46. The fraction of sp³-hybridized carbons (Fsp3) is 0.500. The van der Waals surface area contributed by atoms with Gasteiger partial charge in [-0.05, 0) is 0 Å². The topological polar surface area (TPSA) is 37.3 Å². The maximum Gasteiger partial charge on any atom is 0.580 e. The number of hydrogen-bond acceptors (Lipinski definition) is 1. The van der Waals surface area contributed by atoms with Crippen LogP contribution in [0.1, 0.15) is 0 Å². The first-order chi connectivity index (χ1) is 3.42. The van der Waals surface area contributed by atoms with E-state index in [-0.39, 0.29) is 0 Å². The lowest BCUT2D eigenvalue weighted by atomic mass is 10.8. The van der Waals surface area contributed by atoms with Crippen LogP contribution >= 0.6 is 8.19 Å². The molecule has 48 valence electrons. The van der Waals surface area contributed by atoms with Crippen molar-refractivity contribution in [1.82, 2.24) is 0 Å². The van der Waals surface area contributed by atoms with Crippen LogP contribution in [0.5, 0.6) is 0 Å². The monoisotopic (exact) mass is 147 g/mol. The van der Waals surface area contributed by atoms with Crippen molar-refractivity contribution in [2.45, 2.75) is 0 Å². The van der Waals surface area contributed by atoms with E-state index in [9.17, 15) is 17.4 Å². The minimum Gasteiger partial charge on any atom is -0.478 e. The number of carboxylic acids is 1. The van der Waals surface area contributed by atoms with Gasteiger partial charge in [-0.25, -0.2) is 4.79 Å². The van der Waals surface area contributed by atoms with Crippen LogP contribution in [0.2, 0.25) is 0 Å². The molecule has 0 aromatic heterocycles. The molecule has 6 heteroatoms. The summed E-state index contributed by atoms with van der Waals surface area (Å²) in [7, 11) is -5.57. The Balaban J connectivity index is 3.55. The van der Waals surface area contributed by atoms with Gasteiger partial charge in [-0.3, -0.25) is 0 Å². The fourth-order valence-corrected chi connectivity index (χ4v) is 0.460. The first-order valence-corrected chi connectivity index (χ1v) is 3.25. The van der Waals surface area contributed by atoms with Gasteiger partial charge in [0.05, 0.1) is 0 Å². The molecule has 0 radical (unpaired) electrons. The van der Waals surface area contributed by atoms with Gasteiger partial charge in [0.25, 0.3) is 6.16 Å².